The van der Waals surface area contributed by atoms with Gasteiger partial charge in [-0.25, -0.2) is 5.43 Å². The van der Waals surface area contributed by atoms with Crippen LogP contribution in [-0.2, 0) is 11.2 Å². The smallest absolute Gasteiger partial charge is 0.244 e. The van der Waals surface area contributed by atoms with Crippen LogP contribution in [0.15, 0.2) is 72.1 Å². The van der Waals surface area contributed by atoms with E-state index < -0.39 is 0 Å². The molecule has 1 amide bonds. The molecule has 0 unspecified atom stereocenters. The molecule has 2 aromatic carbocycles. The van der Waals surface area contributed by atoms with E-state index in [9.17, 15) is 4.79 Å². The van der Waals surface area contributed by atoms with Crippen LogP contribution in [0.5, 0.6) is 0 Å². The standard InChI is InChI=1S/C19H17N3O/c1-14(17-9-5-11-20-13-17)21-22-19(23)12-16-8-4-7-15-6-2-3-10-18(15)16/h2-11,13H,12H2,1H3,(H,22,23)/b21-14-. The van der Waals surface area contributed by atoms with E-state index in [1.165, 1.54) is 0 Å². The van der Waals surface area contributed by atoms with Gasteiger partial charge in [0.15, 0.2) is 0 Å². The molecule has 0 bridgehead atoms. The molecular formula is C19H17N3O. The number of hydrogen-bond acceptors (Lipinski definition) is 3. The van der Waals surface area contributed by atoms with E-state index in [-0.39, 0.29) is 5.91 Å². The lowest BCUT2D eigenvalue weighted by Gasteiger charge is -2.06. The van der Waals surface area contributed by atoms with Crippen molar-refractivity contribution in [1.29, 1.82) is 0 Å². The number of benzene rings is 2. The van der Waals surface area contributed by atoms with E-state index >= 15 is 0 Å². The van der Waals surface area contributed by atoms with Crippen molar-refractivity contribution < 1.29 is 4.79 Å². The Labute approximate surface area is 134 Å². The number of fused-ring (bicyclic) bond motifs is 1. The molecule has 0 radical (unpaired) electrons. The van der Waals surface area contributed by atoms with Crippen LogP contribution < -0.4 is 5.43 Å². The predicted molar refractivity (Wildman–Crippen MR) is 92.2 cm³/mol. The molecule has 0 aliphatic heterocycles. The highest BCUT2D eigenvalue weighted by atomic mass is 16.2. The summed E-state index contributed by atoms with van der Waals surface area (Å²) in [6.45, 7) is 1.84. The van der Waals surface area contributed by atoms with Crippen LogP contribution in [-0.4, -0.2) is 16.6 Å². The fraction of sp³-hybridized carbons (Fsp3) is 0.105. The third kappa shape index (κ3) is 3.61. The Morgan fingerprint density at radius 1 is 1.09 bits per heavy atom. The first-order chi connectivity index (χ1) is 11.2. The van der Waals surface area contributed by atoms with Crippen LogP contribution in [0.2, 0.25) is 0 Å². The topological polar surface area (TPSA) is 54.4 Å². The first-order valence-corrected chi connectivity index (χ1v) is 7.44. The highest BCUT2D eigenvalue weighted by molar-refractivity contribution is 5.99. The zero-order valence-electron chi connectivity index (χ0n) is 12.9. The molecular weight excluding hydrogens is 286 g/mol. The van der Waals surface area contributed by atoms with Gasteiger partial charge in [-0.1, -0.05) is 48.5 Å². The fourth-order valence-electron chi connectivity index (χ4n) is 2.45. The van der Waals surface area contributed by atoms with Gasteiger partial charge in [0.1, 0.15) is 0 Å². The molecule has 1 heterocycles. The van der Waals surface area contributed by atoms with Crippen molar-refractivity contribution in [3.8, 4) is 0 Å². The minimum absolute atomic E-state index is 0.135. The summed E-state index contributed by atoms with van der Waals surface area (Å²) in [6.07, 6.45) is 3.72. The van der Waals surface area contributed by atoms with Crippen LogP contribution in [0.3, 0.4) is 0 Å². The summed E-state index contributed by atoms with van der Waals surface area (Å²) in [5.41, 5.74) is 5.22. The quantitative estimate of drug-likeness (QED) is 0.594. The summed E-state index contributed by atoms with van der Waals surface area (Å²) in [5, 5.41) is 6.38. The number of carbonyl (C=O) groups excluding carboxylic acids is 1. The molecule has 114 valence electrons. The SMILES string of the molecule is C/C(=N/NC(=O)Cc1cccc2ccccc12)c1cccnc1. The Bertz CT molecular complexity index is 851. The van der Waals surface area contributed by atoms with Crippen LogP contribution in [0.25, 0.3) is 10.8 Å². The van der Waals surface area contributed by atoms with E-state index in [1.54, 1.807) is 12.4 Å². The van der Waals surface area contributed by atoms with Gasteiger partial charge in [-0.05, 0) is 29.3 Å². The lowest BCUT2D eigenvalue weighted by molar-refractivity contribution is -0.120. The second-order valence-corrected chi connectivity index (χ2v) is 5.29. The van der Waals surface area contributed by atoms with E-state index in [0.29, 0.717) is 6.42 Å². The van der Waals surface area contributed by atoms with Crippen molar-refractivity contribution in [2.24, 2.45) is 5.10 Å². The molecule has 3 rings (SSSR count). The van der Waals surface area contributed by atoms with Gasteiger partial charge in [-0.2, -0.15) is 5.10 Å². The summed E-state index contributed by atoms with van der Waals surface area (Å²) in [7, 11) is 0. The van der Waals surface area contributed by atoms with E-state index in [4.69, 9.17) is 0 Å². The minimum Gasteiger partial charge on any atom is -0.273 e. The number of aromatic nitrogens is 1. The average molecular weight is 303 g/mol. The van der Waals surface area contributed by atoms with Crippen LogP contribution in [0.4, 0.5) is 0 Å². The Hall–Kier alpha value is -3.01. The summed E-state index contributed by atoms with van der Waals surface area (Å²) >= 11 is 0. The van der Waals surface area contributed by atoms with Crippen molar-refractivity contribution >= 4 is 22.4 Å². The van der Waals surface area contributed by atoms with Gasteiger partial charge >= 0.3 is 0 Å². The summed E-state index contributed by atoms with van der Waals surface area (Å²) in [4.78, 5) is 16.2. The predicted octanol–water partition coefficient (Wildman–Crippen LogP) is 3.32. The number of hydrogen-bond donors (Lipinski definition) is 1. The summed E-state index contributed by atoms with van der Waals surface area (Å²) in [5.74, 6) is -0.135. The lowest BCUT2D eigenvalue weighted by atomic mass is 10.0. The van der Waals surface area contributed by atoms with Crippen molar-refractivity contribution in [3.63, 3.8) is 0 Å². The molecule has 3 aromatic rings. The molecule has 0 fully saturated rings. The molecule has 0 atom stereocenters. The molecule has 4 nitrogen and oxygen atoms in total. The molecule has 0 spiro atoms. The zero-order chi connectivity index (χ0) is 16.1. The third-order valence-corrected chi connectivity index (χ3v) is 3.66. The molecule has 0 saturated heterocycles. The van der Waals surface area contributed by atoms with E-state index in [2.05, 4.69) is 15.5 Å². The monoisotopic (exact) mass is 303 g/mol. The largest absolute Gasteiger partial charge is 0.273 e. The fourth-order valence-corrected chi connectivity index (χ4v) is 2.45. The van der Waals surface area contributed by atoms with Crippen LogP contribution >= 0.6 is 0 Å². The molecule has 0 aliphatic rings. The second kappa shape index (κ2) is 6.83. The summed E-state index contributed by atoms with van der Waals surface area (Å²) in [6, 6.07) is 17.8. The Kier molecular flexibility index (Phi) is 4.43. The number of hydrazone groups is 1. The number of amides is 1. The van der Waals surface area contributed by atoms with E-state index in [0.717, 1.165) is 27.6 Å². The van der Waals surface area contributed by atoms with Gasteiger partial charge in [0.25, 0.3) is 0 Å². The maximum atomic E-state index is 12.2. The maximum Gasteiger partial charge on any atom is 0.244 e. The molecule has 1 N–H and O–H groups in total. The molecule has 0 aliphatic carbocycles. The summed E-state index contributed by atoms with van der Waals surface area (Å²) < 4.78 is 0. The van der Waals surface area contributed by atoms with Gasteiger partial charge in [0.05, 0.1) is 12.1 Å². The number of rotatable bonds is 4. The number of nitrogens with zero attached hydrogens (tertiary/aromatic N) is 2. The first kappa shape index (κ1) is 14.9. The lowest BCUT2D eigenvalue weighted by Crippen LogP contribution is -2.21. The van der Waals surface area contributed by atoms with Gasteiger partial charge in [0.2, 0.25) is 5.91 Å². The van der Waals surface area contributed by atoms with E-state index in [1.807, 2.05) is 61.5 Å². The third-order valence-electron chi connectivity index (χ3n) is 3.66. The Morgan fingerprint density at radius 3 is 2.74 bits per heavy atom. The average Bonchev–Trinajstić information content (AvgIpc) is 2.61. The van der Waals surface area contributed by atoms with Gasteiger partial charge in [-0.15, -0.1) is 0 Å². The maximum absolute atomic E-state index is 12.2. The van der Waals surface area contributed by atoms with Crippen molar-refractivity contribution in [1.82, 2.24) is 10.4 Å². The minimum atomic E-state index is -0.135. The van der Waals surface area contributed by atoms with Crippen LogP contribution in [0, 0.1) is 0 Å². The molecule has 1 aromatic heterocycles. The molecule has 4 heteroatoms. The molecule has 0 saturated carbocycles. The zero-order valence-corrected chi connectivity index (χ0v) is 12.9. The van der Waals surface area contributed by atoms with Crippen molar-refractivity contribution in [2.75, 3.05) is 0 Å². The molecule has 23 heavy (non-hydrogen) atoms. The Morgan fingerprint density at radius 2 is 1.91 bits per heavy atom. The Balaban J connectivity index is 1.72. The highest BCUT2D eigenvalue weighted by Gasteiger charge is 2.06. The van der Waals surface area contributed by atoms with Gasteiger partial charge in [0, 0.05) is 18.0 Å². The number of pyridine rings is 1. The van der Waals surface area contributed by atoms with Gasteiger partial charge < -0.3 is 0 Å². The van der Waals surface area contributed by atoms with Crippen molar-refractivity contribution in [2.45, 2.75) is 13.3 Å². The first-order valence-electron chi connectivity index (χ1n) is 7.44. The second-order valence-electron chi connectivity index (χ2n) is 5.29. The normalized spacial score (nSPS) is 11.4. The van der Waals surface area contributed by atoms with Crippen LogP contribution in [0.1, 0.15) is 18.1 Å². The highest BCUT2D eigenvalue weighted by Crippen LogP contribution is 2.18. The van der Waals surface area contributed by atoms with Gasteiger partial charge in [-0.3, -0.25) is 9.78 Å². The number of nitrogens with one attached hydrogen (secondary N) is 1. The van der Waals surface area contributed by atoms with Crippen molar-refractivity contribution in [3.05, 3.63) is 78.1 Å². The number of carbonyl (C=O) groups is 1.